The Bertz CT molecular complexity index is 1260. The van der Waals surface area contributed by atoms with Crippen molar-refractivity contribution in [3.8, 4) is 0 Å². The number of fused-ring (bicyclic) bond motifs is 1. The molecule has 4 aromatic rings. The maximum absolute atomic E-state index is 13.2. The van der Waals surface area contributed by atoms with Gasteiger partial charge in [-0.05, 0) is 42.8 Å². The average Bonchev–Trinajstić information content (AvgIpc) is 2.85. The highest BCUT2D eigenvalue weighted by atomic mass is 16.2. The summed E-state index contributed by atoms with van der Waals surface area (Å²) in [5.74, 6) is 0.0915. The molecule has 1 fully saturated rings. The highest BCUT2D eigenvalue weighted by Gasteiger charge is 2.22. The van der Waals surface area contributed by atoms with E-state index in [0.29, 0.717) is 5.56 Å². The minimum absolute atomic E-state index is 0.0915. The third kappa shape index (κ3) is 4.89. The molecule has 0 radical (unpaired) electrons. The van der Waals surface area contributed by atoms with E-state index in [2.05, 4.69) is 45.5 Å². The normalized spacial score (nSPS) is 14.4. The number of carbonyl (C=O) groups is 1. The Morgan fingerprint density at radius 3 is 2.45 bits per heavy atom. The van der Waals surface area contributed by atoms with Crippen LogP contribution >= 0.6 is 0 Å². The first-order valence-electron chi connectivity index (χ1n) is 11.4. The maximum Gasteiger partial charge on any atom is 0.254 e. The minimum atomic E-state index is 0.0915. The van der Waals surface area contributed by atoms with E-state index in [-0.39, 0.29) is 5.91 Å². The molecular formula is C28H28N4O. The monoisotopic (exact) mass is 436 g/mol. The highest BCUT2D eigenvalue weighted by Crippen LogP contribution is 2.27. The van der Waals surface area contributed by atoms with E-state index in [1.165, 1.54) is 5.56 Å². The number of para-hydroxylation sites is 1. The van der Waals surface area contributed by atoms with Gasteiger partial charge in [-0.3, -0.25) is 14.7 Å². The number of benzene rings is 3. The van der Waals surface area contributed by atoms with Gasteiger partial charge in [0.2, 0.25) is 0 Å². The third-order valence-electron chi connectivity index (χ3n) is 6.14. The number of carbonyl (C=O) groups excluding carboxylic acids is 1. The highest BCUT2D eigenvalue weighted by molar-refractivity contribution is 5.97. The molecule has 1 aromatic heterocycles. The molecule has 1 saturated heterocycles. The fourth-order valence-electron chi connectivity index (χ4n) is 4.43. The topological polar surface area (TPSA) is 48.5 Å². The summed E-state index contributed by atoms with van der Waals surface area (Å²) in [7, 11) is 0. The van der Waals surface area contributed by atoms with Gasteiger partial charge in [0.1, 0.15) is 0 Å². The molecule has 0 aliphatic carbocycles. The van der Waals surface area contributed by atoms with E-state index in [0.717, 1.165) is 60.7 Å². The van der Waals surface area contributed by atoms with Crippen LogP contribution in [0.25, 0.3) is 10.9 Å². The van der Waals surface area contributed by atoms with E-state index < -0.39 is 0 Å². The lowest BCUT2D eigenvalue weighted by Gasteiger charge is -2.34. The van der Waals surface area contributed by atoms with Crippen molar-refractivity contribution in [2.24, 2.45) is 0 Å². The van der Waals surface area contributed by atoms with E-state index >= 15 is 0 Å². The van der Waals surface area contributed by atoms with Crippen molar-refractivity contribution in [2.75, 3.05) is 31.5 Å². The molecule has 33 heavy (non-hydrogen) atoms. The fourth-order valence-corrected chi connectivity index (χ4v) is 4.43. The van der Waals surface area contributed by atoms with Crippen molar-refractivity contribution in [1.82, 2.24) is 14.8 Å². The smallest absolute Gasteiger partial charge is 0.254 e. The fraction of sp³-hybridized carbons (Fsp3) is 0.214. The second-order valence-corrected chi connectivity index (χ2v) is 8.59. The lowest BCUT2D eigenvalue weighted by atomic mass is 10.1. The number of rotatable bonds is 5. The zero-order valence-electron chi connectivity index (χ0n) is 18.9. The van der Waals surface area contributed by atoms with E-state index in [1.807, 2.05) is 66.4 Å². The molecule has 5 heteroatoms. The lowest BCUT2D eigenvalue weighted by molar-refractivity contribution is 0.0628. The van der Waals surface area contributed by atoms with Gasteiger partial charge in [0.25, 0.3) is 5.91 Å². The molecule has 1 amide bonds. The number of pyridine rings is 1. The average molecular weight is 437 g/mol. The van der Waals surface area contributed by atoms with Gasteiger partial charge in [-0.2, -0.15) is 0 Å². The Labute approximate surface area is 194 Å². The first-order chi connectivity index (χ1) is 16.2. The van der Waals surface area contributed by atoms with Crippen molar-refractivity contribution in [2.45, 2.75) is 13.5 Å². The van der Waals surface area contributed by atoms with Gasteiger partial charge < -0.3 is 10.2 Å². The molecule has 0 atom stereocenters. The Morgan fingerprint density at radius 2 is 1.64 bits per heavy atom. The predicted octanol–water partition coefficient (Wildman–Crippen LogP) is 5.24. The van der Waals surface area contributed by atoms with Gasteiger partial charge in [-0.1, -0.05) is 54.6 Å². The van der Waals surface area contributed by atoms with Gasteiger partial charge >= 0.3 is 0 Å². The molecular weight excluding hydrogens is 408 g/mol. The van der Waals surface area contributed by atoms with Crippen LogP contribution in [0, 0.1) is 6.92 Å². The second-order valence-electron chi connectivity index (χ2n) is 8.59. The van der Waals surface area contributed by atoms with Gasteiger partial charge in [0.05, 0.1) is 5.52 Å². The van der Waals surface area contributed by atoms with Crippen LogP contribution in [0.1, 0.15) is 21.6 Å². The number of hydrogen-bond donors (Lipinski definition) is 1. The van der Waals surface area contributed by atoms with Crippen molar-refractivity contribution in [3.05, 3.63) is 102 Å². The molecule has 0 saturated carbocycles. The number of aromatic nitrogens is 1. The number of amides is 1. The Morgan fingerprint density at radius 1 is 0.879 bits per heavy atom. The molecule has 166 valence electrons. The predicted molar refractivity (Wildman–Crippen MR) is 134 cm³/mol. The van der Waals surface area contributed by atoms with Crippen LogP contribution in [0.15, 0.2) is 84.9 Å². The number of aryl methyl sites for hydroxylation is 1. The third-order valence-corrected chi connectivity index (χ3v) is 6.14. The van der Waals surface area contributed by atoms with E-state index in [1.54, 1.807) is 0 Å². The van der Waals surface area contributed by atoms with Gasteiger partial charge in [-0.15, -0.1) is 0 Å². The number of nitrogens with one attached hydrogen (secondary N) is 1. The van der Waals surface area contributed by atoms with Crippen LogP contribution in [0.2, 0.25) is 0 Å². The van der Waals surface area contributed by atoms with Gasteiger partial charge in [0.15, 0.2) is 0 Å². The number of piperazine rings is 1. The molecule has 5 nitrogen and oxygen atoms in total. The zero-order chi connectivity index (χ0) is 22.6. The molecule has 1 aliphatic heterocycles. The quantitative estimate of drug-likeness (QED) is 0.465. The van der Waals surface area contributed by atoms with Crippen molar-refractivity contribution in [1.29, 1.82) is 0 Å². The molecule has 5 rings (SSSR count). The van der Waals surface area contributed by atoms with Crippen LogP contribution in [0.5, 0.6) is 0 Å². The second kappa shape index (κ2) is 9.43. The molecule has 3 aromatic carbocycles. The minimum Gasteiger partial charge on any atom is -0.355 e. The summed E-state index contributed by atoms with van der Waals surface area (Å²) in [5, 5.41) is 4.57. The Kier molecular flexibility index (Phi) is 6.05. The van der Waals surface area contributed by atoms with E-state index in [9.17, 15) is 4.79 Å². The summed E-state index contributed by atoms with van der Waals surface area (Å²) >= 11 is 0. The van der Waals surface area contributed by atoms with Crippen LogP contribution in [-0.2, 0) is 6.54 Å². The van der Waals surface area contributed by atoms with Crippen molar-refractivity contribution in [3.63, 3.8) is 0 Å². The summed E-state index contributed by atoms with van der Waals surface area (Å²) in [5.41, 5.74) is 5.84. The first-order valence-corrected chi connectivity index (χ1v) is 11.4. The number of nitrogens with zero attached hydrogens (tertiary/aromatic N) is 3. The standard InChI is InChI=1S/C28H28N4O/c1-21-18-27(25-12-5-6-13-26(25)29-21)30-24-11-7-10-23(19-24)28(33)32-16-14-31(15-17-32)20-22-8-3-2-4-9-22/h2-13,18-19H,14-17,20H2,1H3,(H,29,30). The summed E-state index contributed by atoms with van der Waals surface area (Å²) < 4.78 is 0. The molecule has 0 spiro atoms. The van der Waals surface area contributed by atoms with Crippen molar-refractivity contribution < 1.29 is 4.79 Å². The summed E-state index contributed by atoms with van der Waals surface area (Å²) in [6.07, 6.45) is 0. The van der Waals surface area contributed by atoms with Gasteiger partial charge in [-0.25, -0.2) is 0 Å². The Hall–Kier alpha value is -3.70. The molecule has 1 aliphatic rings. The van der Waals surface area contributed by atoms with Crippen LogP contribution < -0.4 is 5.32 Å². The molecule has 2 heterocycles. The maximum atomic E-state index is 13.2. The molecule has 0 unspecified atom stereocenters. The van der Waals surface area contributed by atoms with Crippen LogP contribution in [0.4, 0.5) is 11.4 Å². The van der Waals surface area contributed by atoms with Gasteiger partial charge in [0, 0.05) is 60.7 Å². The summed E-state index contributed by atoms with van der Waals surface area (Å²) in [4.78, 5) is 22.2. The largest absolute Gasteiger partial charge is 0.355 e. The van der Waals surface area contributed by atoms with Crippen molar-refractivity contribution >= 4 is 28.2 Å². The number of anilines is 2. The Balaban J connectivity index is 1.27. The zero-order valence-corrected chi connectivity index (χ0v) is 18.9. The lowest BCUT2D eigenvalue weighted by Crippen LogP contribution is -2.48. The van der Waals surface area contributed by atoms with E-state index in [4.69, 9.17) is 0 Å². The van der Waals surface area contributed by atoms with Crippen LogP contribution in [0.3, 0.4) is 0 Å². The first kappa shape index (κ1) is 21.2. The SMILES string of the molecule is Cc1cc(Nc2cccc(C(=O)N3CCN(Cc4ccccc4)CC3)c2)c2ccccc2n1. The summed E-state index contributed by atoms with van der Waals surface area (Å²) in [6.45, 7) is 6.20. The molecule has 1 N–H and O–H groups in total. The molecule has 0 bridgehead atoms. The van der Waals surface area contributed by atoms with Crippen LogP contribution in [-0.4, -0.2) is 46.9 Å². The summed E-state index contributed by atoms with van der Waals surface area (Å²) in [6, 6.07) is 28.4. The number of hydrogen-bond acceptors (Lipinski definition) is 4.